The molecule has 0 amide bonds. The molecule has 1 aromatic carbocycles. The van der Waals surface area contributed by atoms with Crippen LogP contribution in [0.3, 0.4) is 0 Å². The van der Waals surface area contributed by atoms with Crippen molar-refractivity contribution < 1.29 is 8.42 Å². The van der Waals surface area contributed by atoms with E-state index in [-0.39, 0.29) is 5.75 Å². The molecule has 0 atom stereocenters. The number of benzene rings is 1. The van der Waals surface area contributed by atoms with E-state index in [1.165, 1.54) is 0 Å². The lowest BCUT2D eigenvalue weighted by atomic mass is 10.2. The van der Waals surface area contributed by atoms with Crippen molar-refractivity contribution in [1.82, 2.24) is 0 Å². The van der Waals surface area contributed by atoms with E-state index in [0.29, 0.717) is 5.56 Å². The highest BCUT2D eigenvalue weighted by atomic mass is 35.7. The molecule has 2 nitrogen and oxygen atoms in total. The van der Waals surface area contributed by atoms with Crippen LogP contribution in [0.4, 0.5) is 0 Å². The van der Waals surface area contributed by atoms with E-state index in [4.69, 9.17) is 10.7 Å². The topological polar surface area (TPSA) is 34.1 Å². The Balaban J connectivity index is 0.000000671. The molecule has 0 bridgehead atoms. The van der Waals surface area contributed by atoms with Gasteiger partial charge in [0, 0.05) is 10.7 Å². The van der Waals surface area contributed by atoms with E-state index in [9.17, 15) is 8.42 Å². The predicted octanol–water partition coefficient (Wildman–Crippen LogP) is 2.78. The van der Waals surface area contributed by atoms with Crippen molar-refractivity contribution in [3.05, 3.63) is 35.9 Å². The van der Waals surface area contributed by atoms with Crippen LogP contribution in [0.25, 0.3) is 0 Å². The number of rotatable bonds is 2. The van der Waals surface area contributed by atoms with Gasteiger partial charge in [-0.15, -0.1) is 0 Å². The zero-order chi connectivity index (χ0) is 10.3. The van der Waals surface area contributed by atoms with Crippen LogP contribution in [0.15, 0.2) is 30.3 Å². The quantitative estimate of drug-likeness (QED) is 0.719. The average Bonchev–Trinajstić information content (AvgIpc) is 2.07. The summed E-state index contributed by atoms with van der Waals surface area (Å²) in [6, 6.07) is 8.82. The van der Waals surface area contributed by atoms with Crippen molar-refractivity contribution in [3.8, 4) is 0 Å². The summed E-state index contributed by atoms with van der Waals surface area (Å²) in [6.07, 6.45) is 0. The Morgan fingerprint density at radius 3 is 2.00 bits per heavy atom. The van der Waals surface area contributed by atoms with Gasteiger partial charge in [0.15, 0.2) is 0 Å². The lowest BCUT2D eigenvalue weighted by molar-refractivity contribution is 0.609. The summed E-state index contributed by atoms with van der Waals surface area (Å²) in [7, 11) is 1.63. The van der Waals surface area contributed by atoms with Crippen molar-refractivity contribution in [2.24, 2.45) is 0 Å². The monoisotopic (exact) mass is 220 g/mol. The highest BCUT2D eigenvalue weighted by Crippen LogP contribution is 2.08. The van der Waals surface area contributed by atoms with Gasteiger partial charge in [0.2, 0.25) is 9.05 Å². The molecule has 0 fully saturated rings. The minimum absolute atomic E-state index is 0.102. The van der Waals surface area contributed by atoms with Crippen LogP contribution in [0.1, 0.15) is 19.4 Å². The number of hydrogen-bond acceptors (Lipinski definition) is 2. The first-order valence-electron chi connectivity index (χ1n) is 4.04. The fraction of sp³-hybridized carbons (Fsp3) is 0.333. The van der Waals surface area contributed by atoms with Gasteiger partial charge in [-0.05, 0) is 5.56 Å². The summed E-state index contributed by atoms with van der Waals surface area (Å²) in [5.74, 6) is -0.102. The predicted molar refractivity (Wildman–Crippen MR) is 56.3 cm³/mol. The normalized spacial score (nSPS) is 10.1. The second-order valence-corrected chi connectivity index (χ2v) is 4.95. The van der Waals surface area contributed by atoms with Gasteiger partial charge in [-0.1, -0.05) is 44.2 Å². The Morgan fingerprint density at radius 2 is 1.62 bits per heavy atom. The highest BCUT2D eigenvalue weighted by Gasteiger charge is 2.04. The highest BCUT2D eigenvalue weighted by molar-refractivity contribution is 8.13. The molecule has 0 radical (unpaired) electrons. The van der Waals surface area contributed by atoms with E-state index in [0.717, 1.165) is 0 Å². The molecule has 0 heterocycles. The molecule has 0 aliphatic rings. The van der Waals surface area contributed by atoms with Crippen LogP contribution in [0.5, 0.6) is 0 Å². The first-order valence-corrected chi connectivity index (χ1v) is 6.52. The van der Waals surface area contributed by atoms with E-state index >= 15 is 0 Å². The lowest BCUT2D eigenvalue weighted by Gasteiger charge is -1.94. The summed E-state index contributed by atoms with van der Waals surface area (Å²) >= 11 is 0. The maximum atomic E-state index is 10.6. The Kier molecular flexibility index (Phi) is 5.75. The van der Waals surface area contributed by atoms with E-state index in [2.05, 4.69) is 0 Å². The van der Waals surface area contributed by atoms with Crippen molar-refractivity contribution in [1.29, 1.82) is 0 Å². The van der Waals surface area contributed by atoms with Gasteiger partial charge in [0.05, 0.1) is 5.75 Å². The molecule has 0 aliphatic heterocycles. The third-order valence-electron chi connectivity index (χ3n) is 1.18. The molecular formula is C9H13ClO2S. The lowest BCUT2D eigenvalue weighted by Crippen LogP contribution is -1.93. The van der Waals surface area contributed by atoms with Crippen LogP contribution >= 0.6 is 10.7 Å². The van der Waals surface area contributed by atoms with Crippen LogP contribution in [-0.4, -0.2) is 8.42 Å². The van der Waals surface area contributed by atoms with Gasteiger partial charge in [-0.2, -0.15) is 0 Å². The summed E-state index contributed by atoms with van der Waals surface area (Å²) < 4.78 is 21.1. The average molecular weight is 221 g/mol. The van der Waals surface area contributed by atoms with Crippen LogP contribution in [0.2, 0.25) is 0 Å². The minimum atomic E-state index is -3.40. The molecule has 1 rings (SSSR count). The molecule has 0 spiro atoms. The summed E-state index contributed by atoms with van der Waals surface area (Å²) in [6.45, 7) is 4.00. The molecule has 0 unspecified atom stereocenters. The summed E-state index contributed by atoms with van der Waals surface area (Å²) in [5, 5.41) is 0. The van der Waals surface area contributed by atoms with Gasteiger partial charge >= 0.3 is 0 Å². The van der Waals surface area contributed by atoms with Crippen LogP contribution in [0, 0.1) is 0 Å². The van der Waals surface area contributed by atoms with Crippen LogP contribution in [-0.2, 0) is 14.8 Å². The Bertz CT molecular complexity index is 319. The Hall–Kier alpha value is -0.540. The SMILES string of the molecule is CC.O=S(=O)(Cl)Cc1ccccc1. The first-order chi connectivity index (χ1) is 6.08. The third kappa shape index (κ3) is 6.61. The molecule has 0 saturated carbocycles. The van der Waals surface area contributed by atoms with Gasteiger partial charge < -0.3 is 0 Å². The van der Waals surface area contributed by atoms with E-state index < -0.39 is 9.05 Å². The van der Waals surface area contributed by atoms with Gasteiger partial charge in [0.25, 0.3) is 0 Å². The van der Waals surface area contributed by atoms with Gasteiger partial charge in [0.1, 0.15) is 0 Å². The molecule has 1 aromatic rings. The molecular weight excluding hydrogens is 208 g/mol. The minimum Gasteiger partial charge on any atom is -0.212 e. The number of halogens is 1. The summed E-state index contributed by atoms with van der Waals surface area (Å²) in [4.78, 5) is 0. The molecule has 4 heteroatoms. The van der Waals surface area contributed by atoms with Crippen molar-refractivity contribution in [2.75, 3.05) is 0 Å². The van der Waals surface area contributed by atoms with Gasteiger partial charge in [-0.25, -0.2) is 8.42 Å². The Labute approximate surface area is 84.0 Å². The van der Waals surface area contributed by atoms with Crippen molar-refractivity contribution in [2.45, 2.75) is 19.6 Å². The molecule has 13 heavy (non-hydrogen) atoms. The van der Waals surface area contributed by atoms with E-state index in [1.807, 2.05) is 19.9 Å². The molecule has 0 N–H and O–H groups in total. The largest absolute Gasteiger partial charge is 0.236 e. The van der Waals surface area contributed by atoms with E-state index in [1.54, 1.807) is 24.3 Å². The van der Waals surface area contributed by atoms with Gasteiger partial charge in [-0.3, -0.25) is 0 Å². The fourth-order valence-electron chi connectivity index (χ4n) is 0.773. The van der Waals surface area contributed by atoms with Crippen LogP contribution < -0.4 is 0 Å². The maximum absolute atomic E-state index is 10.6. The zero-order valence-electron chi connectivity index (χ0n) is 7.70. The zero-order valence-corrected chi connectivity index (χ0v) is 9.27. The summed E-state index contributed by atoms with van der Waals surface area (Å²) in [5.41, 5.74) is 0.711. The van der Waals surface area contributed by atoms with Crippen molar-refractivity contribution in [3.63, 3.8) is 0 Å². The maximum Gasteiger partial charge on any atom is 0.236 e. The second kappa shape index (κ2) is 6.00. The Morgan fingerprint density at radius 1 is 1.15 bits per heavy atom. The molecule has 0 saturated heterocycles. The smallest absolute Gasteiger partial charge is 0.212 e. The standard InChI is InChI=1S/C7H7ClO2S.C2H6/c8-11(9,10)6-7-4-2-1-3-5-7;1-2/h1-5H,6H2;1-2H3. The third-order valence-corrected chi connectivity index (χ3v) is 2.19. The second-order valence-electron chi connectivity index (χ2n) is 2.17. The fourth-order valence-corrected chi connectivity index (χ4v) is 1.74. The molecule has 0 aliphatic carbocycles. The first kappa shape index (κ1) is 12.5. The van der Waals surface area contributed by atoms with Crippen molar-refractivity contribution >= 4 is 19.7 Å². The molecule has 0 aromatic heterocycles. The number of hydrogen-bond donors (Lipinski definition) is 0. The molecule has 74 valence electrons.